The fourth-order valence-electron chi connectivity index (χ4n) is 2.54. The first-order valence-corrected chi connectivity index (χ1v) is 8.58. The number of carbonyl (C=O) groups excluding carboxylic acids is 1. The highest BCUT2D eigenvalue weighted by Crippen LogP contribution is 2.21. The van der Waals surface area contributed by atoms with Gasteiger partial charge >= 0.3 is 0 Å². The van der Waals surface area contributed by atoms with Crippen molar-refractivity contribution in [2.45, 2.75) is 39.2 Å². The number of carbonyl (C=O) groups is 1. The van der Waals surface area contributed by atoms with E-state index >= 15 is 0 Å². The van der Waals surface area contributed by atoms with E-state index in [0.717, 1.165) is 24.9 Å². The van der Waals surface area contributed by atoms with Gasteiger partial charge in [0.15, 0.2) is 0 Å². The van der Waals surface area contributed by atoms with Crippen LogP contribution in [0.4, 0.5) is 11.4 Å². The third-order valence-corrected chi connectivity index (χ3v) is 3.96. The summed E-state index contributed by atoms with van der Waals surface area (Å²) in [5.41, 5.74) is 9.52. The van der Waals surface area contributed by atoms with Crippen LogP contribution in [-0.4, -0.2) is 18.5 Å². The zero-order chi connectivity index (χ0) is 17.4. The normalized spacial score (nSPS) is 11.8. The molecule has 0 heterocycles. The van der Waals surface area contributed by atoms with Gasteiger partial charge in [0, 0.05) is 18.2 Å². The van der Waals surface area contributed by atoms with E-state index in [1.54, 1.807) is 6.07 Å². The molecular formula is C20H27N3O. The molecule has 0 fully saturated rings. The molecule has 0 radical (unpaired) electrons. The summed E-state index contributed by atoms with van der Waals surface area (Å²) in [6, 6.07) is 16.2. The molecule has 1 amide bonds. The van der Waals surface area contributed by atoms with Crippen LogP contribution in [0.1, 0.15) is 42.6 Å². The third-order valence-electron chi connectivity index (χ3n) is 3.96. The molecule has 24 heavy (non-hydrogen) atoms. The van der Waals surface area contributed by atoms with E-state index in [9.17, 15) is 4.79 Å². The number of nitrogen functional groups attached to an aromatic ring is 1. The maximum Gasteiger partial charge on any atom is 0.251 e. The van der Waals surface area contributed by atoms with Crippen LogP contribution in [-0.2, 0) is 6.42 Å². The van der Waals surface area contributed by atoms with Crippen molar-refractivity contribution in [3.63, 3.8) is 0 Å². The van der Waals surface area contributed by atoms with Crippen LogP contribution in [0.25, 0.3) is 0 Å². The molecule has 0 aromatic heterocycles. The fraction of sp³-hybridized carbons (Fsp3) is 0.350. The van der Waals surface area contributed by atoms with Gasteiger partial charge in [-0.1, -0.05) is 37.3 Å². The smallest absolute Gasteiger partial charge is 0.251 e. The molecule has 0 unspecified atom stereocenters. The molecule has 2 aromatic rings. The largest absolute Gasteiger partial charge is 0.397 e. The summed E-state index contributed by atoms with van der Waals surface area (Å²) in [6.07, 6.45) is 2.95. The molecule has 0 aliphatic rings. The first kappa shape index (κ1) is 17.9. The van der Waals surface area contributed by atoms with Gasteiger partial charge in [0.25, 0.3) is 5.91 Å². The molecule has 128 valence electrons. The number of aryl methyl sites for hydroxylation is 1. The monoisotopic (exact) mass is 325 g/mol. The van der Waals surface area contributed by atoms with Crippen molar-refractivity contribution in [2.24, 2.45) is 0 Å². The van der Waals surface area contributed by atoms with E-state index in [4.69, 9.17) is 5.73 Å². The number of hydrogen-bond acceptors (Lipinski definition) is 3. The first-order valence-electron chi connectivity index (χ1n) is 8.58. The van der Waals surface area contributed by atoms with E-state index < -0.39 is 0 Å². The molecule has 2 rings (SSSR count). The van der Waals surface area contributed by atoms with E-state index in [-0.39, 0.29) is 5.91 Å². The molecular weight excluding hydrogens is 298 g/mol. The Morgan fingerprint density at radius 2 is 1.92 bits per heavy atom. The Kier molecular flexibility index (Phi) is 6.67. The molecule has 0 aliphatic heterocycles. The highest BCUT2D eigenvalue weighted by atomic mass is 16.1. The Morgan fingerprint density at radius 1 is 1.17 bits per heavy atom. The summed E-state index contributed by atoms with van der Waals surface area (Å²) in [4.78, 5) is 12.0. The molecule has 0 spiro atoms. The predicted molar refractivity (Wildman–Crippen MR) is 101 cm³/mol. The van der Waals surface area contributed by atoms with Crippen molar-refractivity contribution in [2.75, 3.05) is 17.6 Å². The van der Waals surface area contributed by atoms with Crippen LogP contribution in [0.3, 0.4) is 0 Å². The number of amides is 1. The standard InChI is InChI=1S/C20H27N3O/c1-3-13-22-20(24)17-11-12-19(18(21)14-17)23-15(2)9-10-16-7-5-4-6-8-16/h4-8,11-12,14-15,23H,3,9-10,13,21H2,1-2H3,(H,22,24)/t15-/m0/s1. The van der Waals surface area contributed by atoms with Crippen molar-refractivity contribution < 1.29 is 4.79 Å². The number of hydrogen-bond donors (Lipinski definition) is 3. The van der Waals surface area contributed by atoms with Crippen molar-refractivity contribution in [3.8, 4) is 0 Å². The Hall–Kier alpha value is -2.49. The van der Waals surface area contributed by atoms with Gasteiger partial charge in [-0.2, -0.15) is 0 Å². The van der Waals surface area contributed by atoms with Crippen molar-refractivity contribution in [1.29, 1.82) is 0 Å². The van der Waals surface area contributed by atoms with Gasteiger partial charge in [-0.15, -0.1) is 0 Å². The summed E-state index contributed by atoms with van der Waals surface area (Å²) >= 11 is 0. The van der Waals surface area contributed by atoms with Gasteiger partial charge in [0.1, 0.15) is 0 Å². The van der Waals surface area contributed by atoms with Crippen molar-refractivity contribution in [3.05, 3.63) is 59.7 Å². The number of benzene rings is 2. The minimum absolute atomic E-state index is 0.0766. The summed E-state index contributed by atoms with van der Waals surface area (Å²) in [7, 11) is 0. The zero-order valence-electron chi connectivity index (χ0n) is 14.5. The average molecular weight is 325 g/mol. The molecule has 0 aliphatic carbocycles. The minimum atomic E-state index is -0.0766. The van der Waals surface area contributed by atoms with Crippen LogP contribution >= 0.6 is 0 Å². The van der Waals surface area contributed by atoms with Gasteiger partial charge < -0.3 is 16.4 Å². The van der Waals surface area contributed by atoms with E-state index in [1.807, 2.05) is 25.1 Å². The highest BCUT2D eigenvalue weighted by molar-refractivity contribution is 5.96. The minimum Gasteiger partial charge on any atom is -0.397 e. The first-order chi connectivity index (χ1) is 11.6. The van der Waals surface area contributed by atoms with Crippen LogP contribution in [0.2, 0.25) is 0 Å². The second-order valence-corrected chi connectivity index (χ2v) is 6.13. The fourth-order valence-corrected chi connectivity index (χ4v) is 2.54. The zero-order valence-corrected chi connectivity index (χ0v) is 14.5. The number of nitrogens with two attached hydrogens (primary N) is 1. The molecule has 0 saturated heterocycles. The Labute approximate surface area is 144 Å². The molecule has 4 heteroatoms. The molecule has 4 N–H and O–H groups in total. The summed E-state index contributed by atoms with van der Waals surface area (Å²) in [6.45, 7) is 4.85. The van der Waals surface area contributed by atoms with Crippen LogP contribution in [0, 0.1) is 0 Å². The lowest BCUT2D eigenvalue weighted by molar-refractivity contribution is 0.0953. The van der Waals surface area contributed by atoms with Gasteiger partial charge in [-0.3, -0.25) is 4.79 Å². The summed E-state index contributed by atoms with van der Waals surface area (Å²) < 4.78 is 0. The molecule has 4 nitrogen and oxygen atoms in total. The molecule has 0 bridgehead atoms. The predicted octanol–water partition coefficient (Wildman–Crippen LogP) is 3.84. The molecule has 1 atom stereocenters. The Bertz CT molecular complexity index is 655. The average Bonchev–Trinajstić information content (AvgIpc) is 2.60. The summed E-state index contributed by atoms with van der Waals surface area (Å²) in [5, 5.41) is 6.29. The van der Waals surface area contributed by atoms with E-state index in [0.29, 0.717) is 23.8 Å². The van der Waals surface area contributed by atoms with Crippen LogP contribution < -0.4 is 16.4 Å². The quantitative estimate of drug-likeness (QED) is 0.646. The van der Waals surface area contributed by atoms with Crippen LogP contribution in [0.5, 0.6) is 0 Å². The number of nitrogens with one attached hydrogen (secondary N) is 2. The number of anilines is 2. The van der Waals surface area contributed by atoms with Crippen molar-refractivity contribution >= 4 is 17.3 Å². The molecule has 2 aromatic carbocycles. The van der Waals surface area contributed by atoms with Gasteiger partial charge in [0.05, 0.1) is 11.4 Å². The van der Waals surface area contributed by atoms with E-state index in [2.05, 4.69) is 41.8 Å². The topological polar surface area (TPSA) is 67.2 Å². The Balaban J connectivity index is 1.91. The summed E-state index contributed by atoms with van der Waals surface area (Å²) in [5.74, 6) is -0.0766. The third kappa shape index (κ3) is 5.30. The highest BCUT2D eigenvalue weighted by Gasteiger charge is 2.09. The van der Waals surface area contributed by atoms with Crippen molar-refractivity contribution in [1.82, 2.24) is 5.32 Å². The second kappa shape index (κ2) is 8.96. The van der Waals surface area contributed by atoms with Gasteiger partial charge in [0.2, 0.25) is 0 Å². The SMILES string of the molecule is CCCNC(=O)c1ccc(N[C@@H](C)CCc2ccccc2)c(N)c1. The number of rotatable bonds is 8. The maximum atomic E-state index is 12.0. The molecule has 0 saturated carbocycles. The van der Waals surface area contributed by atoms with Gasteiger partial charge in [-0.25, -0.2) is 0 Å². The van der Waals surface area contributed by atoms with Gasteiger partial charge in [-0.05, 0) is 49.9 Å². The lowest BCUT2D eigenvalue weighted by atomic mass is 10.1. The second-order valence-electron chi connectivity index (χ2n) is 6.13. The van der Waals surface area contributed by atoms with Crippen LogP contribution in [0.15, 0.2) is 48.5 Å². The lowest BCUT2D eigenvalue weighted by Gasteiger charge is -2.17. The Morgan fingerprint density at radius 3 is 2.58 bits per heavy atom. The van der Waals surface area contributed by atoms with E-state index in [1.165, 1.54) is 5.56 Å². The maximum absolute atomic E-state index is 12.0. The lowest BCUT2D eigenvalue weighted by Crippen LogP contribution is -2.24.